The smallest absolute Gasteiger partial charge is 0.0701 e. The quantitative estimate of drug-likeness (QED) is 0.824. The minimum Gasteiger partial charge on any atom is -0.313 e. The Morgan fingerprint density at radius 3 is 2.68 bits per heavy atom. The first-order chi connectivity index (χ1) is 8.93. The van der Waals surface area contributed by atoms with Gasteiger partial charge in [-0.05, 0) is 70.5 Å². The summed E-state index contributed by atoms with van der Waals surface area (Å²) in [4.78, 5) is 1.48. The molecule has 1 N–H and O–H groups in total. The SMILES string of the molecule is CC1(C)C2CCC1(C)C(NCCc1ccc(Br)s1)C2. The topological polar surface area (TPSA) is 12.0 Å². The van der Waals surface area contributed by atoms with Crippen LogP contribution in [0.3, 0.4) is 0 Å². The first-order valence-corrected chi connectivity index (χ1v) is 9.02. The highest BCUT2D eigenvalue weighted by Gasteiger charge is 2.60. The van der Waals surface area contributed by atoms with Gasteiger partial charge in [-0.1, -0.05) is 20.8 Å². The molecule has 106 valence electrons. The molecule has 1 nitrogen and oxygen atoms in total. The summed E-state index contributed by atoms with van der Waals surface area (Å²) in [6.07, 6.45) is 5.40. The van der Waals surface area contributed by atoms with Crippen molar-refractivity contribution < 1.29 is 0 Å². The Morgan fingerprint density at radius 1 is 1.37 bits per heavy atom. The molecule has 2 aliphatic carbocycles. The molecule has 0 aromatic carbocycles. The van der Waals surface area contributed by atoms with Crippen molar-refractivity contribution in [1.82, 2.24) is 5.32 Å². The average Bonchev–Trinajstić information content (AvgIpc) is 2.90. The molecule has 2 bridgehead atoms. The standard InChI is InChI=1S/C16H24BrNS/c1-15(2)11-6-8-16(15,3)13(10-11)18-9-7-12-4-5-14(17)19-12/h4-5,11,13,18H,6-10H2,1-3H3. The van der Waals surface area contributed by atoms with Crippen LogP contribution in [0.4, 0.5) is 0 Å². The summed E-state index contributed by atoms with van der Waals surface area (Å²) in [6.45, 7) is 8.61. The molecule has 0 aliphatic heterocycles. The lowest BCUT2D eigenvalue weighted by molar-refractivity contribution is 0.121. The molecule has 0 saturated heterocycles. The highest BCUT2D eigenvalue weighted by Crippen LogP contribution is 2.65. The van der Waals surface area contributed by atoms with Crippen LogP contribution in [0.5, 0.6) is 0 Å². The zero-order valence-corrected chi connectivity index (χ0v) is 14.5. The van der Waals surface area contributed by atoms with E-state index in [4.69, 9.17) is 0 Å². The third-order valence-corrected chi connectivity index (χ3v) is 7.87. The van der Waals surface area contributed by atoms with E-state index in [-0.39, 0.29) is 0 Å². The van der Waals surface area contributed by atoms with Crippen molar-refractivity contribution in [2.45, 2.75) is 52.5 Å². The maximum atomic E-state index is 3.86. The normalized spacial score (nSPS) is 36.0. The van der Waals surface area contributed by atoms with Gasteiger partial charge in [-0.25, -0.2) is 0 Å². The second-order valence-electron chi connectivity index (χ2n) is 7.07. The molecule has 1 heterocycles. The van der Waals surface area contributed by atoms with Crippen molar-refractivity contribution in [3.63, 3.8) is 0 Å². The number of thiophene rings is 1. The molecule has 3 unspecified atom stereocenters. The lowest BCUT2D eigenvalue weighted by Crippen LogP contribution is -2.45. The molecular weight excluding hydrogens is 318 g/mol. The molecule has 3 rings (SSSR count). The summed E-state index contributed by atoms with van der Waals surface area (Å²) in [5.41, 5.74) is 1.03. The van der Waals surface area contributed by atoms with Gasteiger partial charge >= 0.3 is 0 Å². The largest absolute Gasteiger partial charge is 0.313 e. The molecule has 1 aromatic heterocycles. The molecule has 0 radical (unpaired) electrons. The van der Waals surface area contributed by atoms with E-state index in [1.807, 2.05) is 11.3 Å². The lowest BCUT2D eigenvalue weighted by Gasteiger charge is -2.39. The van der Waals surface area contributed by atoms with Gasteiger partial charge in [-0.3, -0.25) is 0 Å². The molecule has 3 atom stereocenters. The fourth-order valence-electron chi connectivity index (χ4n) is 4.37. The maximum absolute atomic E-state index is 3.86. The first-order valence-electron chi connectivity index (χ1n) is 7.41. The van der Waals surface area contributed by atoms with Crippen LogP contribution in [0.1, 0.15) is 44.9 Å². The Morgan fingerprint density at radius 2 is 2.16 bits per heavy atom. The van der Waals surface area contributed by atoms with Gasteiger partial charge in [0.15, 0.2) is 0 Å². The Balaban J connectivity index is 1.57. The van der Waals surface area contributed by atoms with Crippen molar-refractivity contribution in [2.24, 2.45) is 16.7 Å². The highest BCUT2D eigenvalue weighted by molar-refractivity contribution is 9.11. The van der Waals surface area contributed by atoms with E-state index in [0.717, 1.165) is 24.9 Å². The van der Waals surface area contributed by atoms with Crippen LogP contribution in [-0.4, -0.2) is 12.6 Å². The number of rotatable bonds is 4. The van der Waals surface area contributed by atoms with Crippen molar-refractivity contribution in [3.05, 3.63) is 20.8 Å². The number of nitrogens with one attached hydrogen (secondary N) is 1. The van der Waals surface area contributed by atoms with Gasteiger partial charge < -0.3 is 5.32 Å². The predicted octanol–water partition coefficient (Wildman–Crippen LogP) is 4.86. The first kappa shape index (κ1) is 14.1. The number of halogens is 1. The van der Waals surface area contributed by atoms with E-state index in [1.54, 1.807) is 0 Å². The Kier molecular flexibility index (Phi) is 3.60. The van der Waals surface area contributed by atoms with E-state index in [0.29, 0.717) is 10.8 Å². The summed E-state index contributed by atoms with van der Waals surface area (Å²) < 4.78 is 1.25. The van der Waals surface area contributed by atoms with Crippen LogP contribution >= 0.6 is 27.3 Å². The van der Waals surface area contributed by atoms with Gasteiger partial charge in [-0.2, -0.15) is 0 Å². The highest BCUT2D eigenvalue weighted by atomic mass is 79.9. The molecule has 2 aliphatic rings. The number of fused-ring (bicyclic) bond motifs is 2. The molecule has 2 fully saturated rings. The van der Waals surface area contributed by atoms with Gasteiger partial charge in [0.2, 0.25) is 0 Å². The molecule has 2 saturated carbocycles. The van der Waals surface area contributed by atoms with Gasteiger partial charge in [-0.15, -0.1) is 11.3 Å². The van der Waals surface area contributed by atoms with Gasteiger partial charge in [0.1, 0.15) is 0 Å². The average molecular weight is 342 g/mol. The van der Waals surface area contributed by atoms with Crippen molar-refractivity contribution in [2.75, 3.05) is 6.54 Å². The van der Waals surface area contributed by atoms with Gasteiger partial charge in [0.25, 0.3) is 0 Å². The molecule has 1 aromatic rings. The fraction of sp³-hybridized carbons (Fsp3) is 0.750. The third-order valence-electron chi connectivity index (χ3n) is 6.19. The van der Waals surface area contributed by atoms with Crippen LogP contribution < -0.4 is 5.32 Å². The number of hydrogen-bond donors (Lipinski definition) is 1. The van der Waals surface area contributed by atoms with Crippen LogP contribution in [0.25, 0.3) is 0 Å². The van der Waals surface area contributed by atoms with E-state index in [1.165, 1.54) is 27.9 Å². The Hall–Kier alpha value is 0.140. The summed E-state index contributed by atoms with van der Waals surface area (Å²) >= 11 is 5.40. The Labute approximate surface area is 129 Å². The maximum Gasteiger partial charge on any atom is 0.0701 e. The minimum atomic E-state index is 0.508. The molecule has 3 heteroatoms. The van der Waals surface area contributed by atoms with Crippen molar-refractivity contribution >= 4 is 27.3 Å². The Bertz CT molecular complexity index is 467. The van der Waals surface area contributed by atoms with E-state index < -0.39 is 0 Å². The summed E-state index contributed by atoms with van der Waals surface area (Å²) in [5, 5.41) is 3.86. The van der Waals surface area contributed by atoms with E-state index >= 15 is 0 Å². The van der Waals surface area contributed by atoms with Crippen molar-refractivity contribution in [1.29, 1.82) is 0 Å². The second kappa shape index (κ2) is 4.85. The minimum absolute atomic E-state index is 0.508. The van der Waals surface area contributed by atoms with Gasteiger partial charge in [0, 0.05) is 17.5 Å². The lowest BCUT2D eigenvalue weighted by atomic mass is 9.69. The molecule has 0 amide bonds. The zero-order chi connectivity index (χ0) is 13.7. The van der Waals surface area contributed by atoms with Crippen LogP contribution in [-0.2, 0) is 6.42 Å². The summed E-state index contributed by atoms with van der Waals surface area (Å²) in [7, 11) is 0. The third kappa shape index (κ3) is 2.22. The monoisotopic (exact) mass is 341 g/mol. The number of hydrogen-bond acceptors (Lipinski definition) is 2. The molecule has 0 spiro atoms. The van der Waals surface area contributed by atoms with Crippen LogP contribution in [0.15, 0.2) is 15.9 Å². The second-order valence-corrected chi connectivity index (χ2v) is 9.62. The van der Waals surface area contributed by atoms with Crippen LogP contribution in [0.2, 0.25) is 0 Å². The predicted molar refractivity (Wildman–Crippen MR) is 86.7 cm³/mol. The molecular formula is C16H24BrNS. The van der Waals surface area contributed by atoms with E-state index in [2.05, 4.69) is 54.2 Å². The fourth-order valence-corrected chi connectivity index (χ4v) is 5.85. The van der Waals surface area contributed by atoms with Gasteiger partial charge in [0.05, 0.1) is 3.79 Å². The zero-order valence-electron chi connectivity index (χ0n) is 12.1. The summed E-state index contributed by atoms with van der Waals surface area (Å²) in [6, 6.07) is 5.12. The van der Waals surface area contributed by atoms with E-state index in [9.17, 15) is 0 Å². The summed E-state index contributed by atoms with van der Waals surface area (Å²) in [5.74, 6) is 0.936. The van der Waals surface area contributed by atoms with Crippen LogP contribution in [0, 0.1) is 16.7 Å². The molecule has 19 heavy (non-hydrogen) atoms. The van der Waals surface area contributed by atoms with Crippen molar-refractivity contribution in [3.8, 4) is 0 Å².